The second-order valence-electron chi connectivity index (χ2n) is 5.29. The highest BCUT2D eigenvalue weighted by atomic mass is 19.1. The minimum atomic E-state index is -0.601. The molecular formula is C17H13FO5. The Morgan fingerprint density at radius 1 is 1.17 bits per heavy atom. The number of ether oxygens (including phenoxy) is 1. The molecule has 1 saturated heterocycles. The average Bonchev–Trinajstić information content (AvgIpc) is 2.96. The number of phenolic OH excluding ortho intramolecular Hbond substituents is 2. The number of hydrogen-bond acceptors (Lipinski definition) is 5. The maximum atomic E-state index is 13.5. The lowest BCUT2D eigenvalue weighted by Crippen LogP contribution is -2.06. The molecule has 1 aliphatic heterocycles. The highest BCUT2D eigenvalue weighted by molar-refractivity contribution is 5.89. The quantitative estimate of drug-likeness (QED) is 0.672. The van der Waals surface area contributed by atoms with Gasteiger partial charge in [-0.05, 0) is 42.3 Å². The van der Waals surface area contributed by atoms with Gasteiger partial charge in [-0.3, -0.25) is 9.59 Å². The number of hydrogen-bond donors (Lipinski definition) is 2. The molecular weight excluding hydrogens is 303 g/mol. The highest BCUT2D eigenvalue weighted by Gasteiger charge is 2.30. The molecule has 0 spiro atoms. The van der Waals surface area contributed by atoms with Gasteiger partial charge in [-0.1, -0.05) is 0 Å². The van der Waals surface area contributed by atoms with E-state index in [0.29, 0.717) is 18.3 Å². The van der Waals surface area contributed by atoms with Gasteiger partial charge in [0.05, 0.1) is 18.1 Å². The first-order valence-corrected chi connectivity index (χ1v) is 6.99. The molecule has 1 atom stereocenters. The lowest BCUT2D eigenvalue weighted by atomic mass is 9.91. The number of phenols is 2. The van der Waals surface area contributed by atoms with E-state index >= 15 is 0 Å². The van der Waals surface area contributed by atoms with E-state index < -0.39 is 17.7 Å². The Hall–Kier alpha value is -2.89. The molecule has 3 rings (SSSR count). The number of halogens is 1. The molecule has 0 amide bonds. The lowest BCUT2D eigenvalue weighted by molar-refractivity contribution is -0.139. The zero-order valence-corrected chi connectivity index (χ0v) is 12.0. The molecule has 0 bridgehead atoms. The molecule has 1 unspecified atom stereocenters. The standard InChI is InChI=1S/C17H13FO5/c18-11-1-2-15(20)13(7-11)14-6-9(5-10(8-19)16(14)21)12-3-4-23-17(12)22/h1-2,5-8,12,20-21H,3-4H2. The van der Waals surface area contributed by atoms with Crippen LogP contribution in [0.25, 0.3) is 11.1 Å². The predicted molar refractivity (Wildman–Crippen MR) is 78.9 cm³/mol. The third kappa shape index (κ3) is 2.63. The van der Waals surface area contributed by atoms with Gasteiger partial charge >= 0.3 is 5.97 Å². The van der Waals surface area contributed by atoms with E-state index in [1.807, 2.05) is 0 Å². The largest absolute Gasteiger partial charge is 0.507 e. The van der Waals surface area contributed by atoms with Crippen molar-refractivity contribution >= 4 is 12.3 Å². The summed E-state index contributed by atoms with van der Waals surface area (Å²) in [5, 5.41) is 20.1. The van der Waals surface area contributed by atoms with Crippen LogP contribution in [-0.2, 0) is 9.53 Å². The Bertz CT molecular complexity index is 800. The van der Waals surface area contributed by atoms with E-state index in [4.69, 9.17) is 4.74 Å². The van der Waals surface area contributed by atoms with Crippen LogP contribution in [0.2, 0.25) is 0 Å². The smallest absolute Gasteiger partial charge is 0.313 e. The topological polar surface area (TPSA) is 83.8 Å². The first-order chi connectivity index (χ1) is 11.0. The molecule has 118 valence electrons. The Kier molecular flexibility index (Phi) is 3.73. The lowest BCUT2D eigenvalue weighted by Gasteiger charge is -2.14. The van der Waals surface area contributed by atoms with Gasteiger partial charge in [0.2, 0.25) is 0 Å². The molecule has 5 nitrogen and oxygen atoms in total. The molecule has 0 aliphatic carbocycles. The SMILES string of the molecule is O=Cc1cc(C2CCOC2=O)cc(-c2cc(F)ccc2O)c1O. The van der Waals surface area contributed by atoms with Gasteiger partial charge < -0.3 is 14.9 Å². The first kappa shape index (κ1) is 15.0. The monoisotopic (exact) mass is 316 g/mol. The van der Waals surface area contributed by atoms with Crippen LogP contribution in [-0.4, -0.2) is 29.1 Å². The zero-order chi connectivity index (χ0) is 16.6. The molecule has 2 aromatic carbocycles. The molecule has 0 aromatic heterocycles. The number of benzene rings is 2. The fraction of sp³-hybridized carbons (Fsp3) is 0.176. The third-order valence-corrected chi connectivity index (χ3v) is 3.88. The van der Waals surface area contributed by atoms with Crippen LogP contribution in [0.15, 0.2) is 30.3 Å². The van der Waals surface area contributed by atoms with Crippen molar-refractivity contribution < 1.29 is 28.9 Å². The molecule has 23 heavy (non-hydrogen) atoms. The normalized spacial score (nSPS) is 17.1. The van der Waals surface area contributed by atoms with Crippen molar-refractivity contribution in [2.75, 3.05) is 6.61 Å². The van der Waals surface area contributed by atoms with Gasteiger partial charge in [-0.2, -0.15) is 0 Å². The minimum Gasteiger partial charge on any atom is -0.507 e. The summed E-state index contributed by atoms with van der Waals surface area (Å²) < 4.78 is 18.4. The Balaban J connectivity index is 2.21. The first-order valence-electron chi connectivity index (χ1n) is 6.99. The van der Waals surface area contributed by atoms with Gasteiger partial charge in [0.1, 0.15) is 17.3 Å². The number of aromatic hydroxyl groups is 2. The van der Waals surface area contributed by atoms with Crippen LogP contribution in [0.5, 0.6) is 11.5 Å². The van der Waals surface area contributed by atoms with Gasteiger partial charge in [-0.25, -0.2) is 4.39 Å². The van der Waals surface area contributed by atoms with Crippen molar-refractivity contribution in [1.29, 1.82) is 0 Å². The van der Waals surface area contributed by atoms with Gasteiger partial charge in [0.15, 0.2) is 6.29 Å². The van der Waals surface area contributed by atoms with Crippen LogP contribution < -0.4 is 0 Å². The third-order valence-electron chi connectivity index (χ3n) is 3.88. The summed E-state index contributed by atoms with van der Waals surface area (Å²) in [7, 11) is 0. The summed E-state index contributed by atoms with van der Waals surface area (Å²) >= 11 is 0. The minimum absolute atomic E-state index is 0.0406. The summed E-state index contributed by atoms with van der Waals surface area (Å²) in [6.07, 6.45) is 0.898. The van der Waals surface area contributed by atoms with Crippen LogP contribution in [0.4, 0.5) is 4.39 Å². The molecule has 1 aliphatic rings. The van der Waals surface area contributed by atoms with Gasteiger partial charge in [0.25, 0.3) is 0 Å². The van der Waals surface area contributed by atoms with E-state index in [-0.39, 0.29) is 34.8 Å². The molecule has 1 fully saturated rings. The summed E-state index contributed by atoms with van der Waals surface area (Å²) in [6, 6.07) is 6.15. The van der Waals surface area contributed by atoms with Crippen molar-refractivity contribution in [3.63, 3.8) is 0 Å². The van der Waals surface area contributed by atoms with Crippen LogP contribution >= 0.6 is 0 Å². The molecule has 6 heteroatoms. The molecule has 0 radical (unpaired) electrons. The Labute approximate surface area is 130 Å². The number of carbonyl (C=O) groups is 2. The second-order valence-corrected chi connectivity index (χ2v) is 5.29. The number of rotatable bonds is 3. The van der Waals surface area contributed by atoms with Crippen LogP contribution in [0.1, 0.15) is 28.3 Å². The van der Waals surface area contributed by atoms with Crippen molar-refractivity contribution in [2.45, 2.75) is 12.3 Å². The number of esters is 1. The van der Waals surface area contributed by atoms with Crippen molar-refractivity contribution in [3.8, 4) is 22.6 Å². The van der Waals surface area contributed by atoms with Crippen molar-refractivity contribution in [2.24, 2.45) is 0 Å². The summed E-state index contributed by atoms with van der Waals surface area (Å²) in [6.45, 7) is 0.279. The van der Waals surface area contributed by atoms with E-state index in [2.05, 4.69) is 0 Å². The maximum Gasteiger partial charge on any atom is 0.313 e. The van der Waals surface area contributed by atoms with E-state index in [1.165, 1.54) is 12.1 Å². The molecule has 2 N–H and O–H groups in total. The fourth-order valence-electron chi connectivity index (χ4n) is 2.70. The van der Waals surface area contributed by atoms with E-state index in [9.17, 15) is 24.2 Å². The summed E-state index contributed by atoms with van der Waals surface area (Å²) in [4.78, 5) is 22.9. The van der Waals surface area contributed by atoms with Crippen LogP contribution in [0.3, 0.4) is 0 Å². The van der Waals surface area contributed by atoms with Gasteiger partial charge in [-0.15, -0.1) is 0 Å². The molecule has 1 heterocycles. The Morgan fingerprint density at radius 2 is 1.96 bits per heavy atom. The predicted octanol–water partition coefficient (Wildman–Crippen LogP) is 2.75. The Morgan fingerprint density at radius 3 is 2.61 bits per heavy atom. The molecule has 2 aromatic rings. The second kappa shape index (κ2) is 5.72. The summed E-state index contributed by atoms with van der Waals surface area (Å²) in [5.41, 5.74) is 0.562. The van der Waals surface area contributed by atoms with E-state index in [1.54, 1.807) is 0 Å². The van der Waals surface area contributed by atoms with Crippen LogP contribution in [0, 0.1) is 5.82 Å². The summed E-state index contributed by atoms with van der Waals surface area (Å²) in [5.74, 6) is -2.19. The zero-order valence-electron chi connectivity index (χ0n) is 12.0. The molecule has 0 saturated carbocycles. The van der Waals surface area contributed by atoms with Gasteiger partial charge in [0, 0.05) is 11.1 Å². The van der Waals surface area contributed by atoms with E-state index in [0.717, 1.165) is 18.2 Å². The fourth-order valence-corrected chi connectivity index (χ4v) is 2.70. The number of carbonyl (C=O) groups excluding carboxylic acids is 2. The van der Waals surface area contributed by atoms with Crippen molar-refractivity contribution in [3.05, 3.63) is 47.3 Å². The number of cyclic esters (lactones) is 1. The average molecular weight is 316 g/mol. The maximum absolute atomic E-state index is 13.5. The highest BCUT2D eigenvalue weighted by Crippen LogP contribution is 2.40. The number of aldehydes is 1. The van der Waals surface area contributed by atoms with Crippen molar-refractivity contribution in [1.82, 2.24) is 0 Å².